The Bertz CT molecular complexity index is 687. The van der Waals surface area contributed by atoms with E-state index in [1.807, 2.05) is 55.5 Å². The summed E-state index contributed by atoms with van der Waals surface area (Å²) in [5.41, 5.74) is 4.80. The molecule has 0 unspecified atom stereocenters. The van der Waals surface area contributed by atoms with Crippen LogP contribution in [-0.2, 0) is 6.54 Å². The molecule has 0 amide bonds. The van der Waals surface area contributed by atoms with Gasteiger partial charge in [0.15, 0.2) is 5.11 Å². The van der Waals surface area contributed by atoms with Gasteiger partial charge in [0.1, 0.15) is 11.5 Å². The molecule has 2 N–H and O–H groups in total. The van der Waals surface area contributed by atoms with E-state index in [4.69, 9.17) is 21.7 Å². The summed E-state index contributed by atoms with van der Waals surface area (Å²) >= 11 is 5.21. The van der Waals surface area contributed by atoms with Crippen molar-refractivity contribution in [1.82, 2.24) is 10.7 Å². The van der Waals surface area contributed by atoms with Crippen LogP contribution in [0.3, 0.4) is 0 Å². The Labute approximate surface area is 147 Å². The van der Waals surface area contributed by atoms with E-state index in [0.717, 1.165) is 22.6 Å². The molecule has 0 aromatic heterocycles. The first-order valence-electron chi connectivity index (χ1n) is 7.64. The van der Waals surface area contributed by atoms with E-state index in [1.165, 1.54) is 0 Å². The van der Waals surface area contributed by atoms with Gasteiger partial charge in [-0.05, 0) is 49.0 Å². The Kier molecular flexibility index (Phi) is 7.04. The van der Waals surface area contributed by atoms with Crippen molar-refractivity contribution >= 4 is 23.5 Å². The van der Waals surface area contributed by atoms with E-state index in [0.29, 0.717) is 18.3 Å². The van der Waals surface area contributed by atoms with Gasteiger partial charge in [0.25, 0.3) is 0 Å². The summed E-state index contributed by atoms with van der Waals surface area (Å²) < 4.78 is 10.7. The van der Waals surface area contributed by atoms with Crippen LogP contribution in [0, 0.1) is 0 Å². The summed E-state index contributed by atoms with van der Waals surface area (Å²) in [6.45, 7) is 3.17. The number of hydrogen-bond acceptors (Lipinski definition) is 4. The van der Waals surface area contributed by atoms with Gasteiger partial charge in [-0.3, -0.25) is 5.43 Å². The molecule has 0 aliphatic carbocycles. The fourth-order valence-corrected chi connectivity index (χ4v) is 2.12. The van der Waals surface area contributed by atoms with Crippen LogP contribution in [0.2, 0.25) is 0 Å². The lowest BCUT2D eigenvalue weighted by Gasteiger charge is -2.08. The lowest BCUT2D eigenvalue weighted by Crippen LogP contribution is -2.31. The number of thiocarbonyl (C=S) groups is 1. The summed E-state index contributed by atoms with van der Waals surface area (Å²) in [7, 11) is 1.65. The largest absolute Gasteiger partial charge is 0.497 e. The zero-order valence-corrected chi connectivity index (χ0v) is 14.6. The number of para-hydroxylation sites is 1. The third kappa shape index (κ3) is 5.55. The van der Waals surface area contributed by atoms with Crippen LogP contribution in [0.25, 0.3) is 0 Å². The zero-order valence-electron chi connectivity index (χ0n) is 13.8. The molecule has 0 saturated heterocycles. The van der Waals surface area contributed by atoms with Gasteiger partial charge in [-0.15, -0.1) is 0 Å². The second-order valence-electron chi connectivity index (χ2n) is 4.87. The summed E-state index contributed by atoms with van der Waals surface area (Å²) in [5.74, 6) is 1.62. The van der Waals surface area contributed by atoms with Crippen LogP contribution >= 0.6 is 12.2 Å². The lowest BCUT2D eigenvalue weighted by atomic mass is 10.2. The number of ether oxygens (including phenoxy) is 2. The minimum Gasteiger partial charge on any atom is -0.497 e. The van der Waals surface area contributed by atoms with E-state index in [2.05, 4.69) is 15.8 Å². The van der Waals surface area contributed by atoms with Crippen LogP contribution in [0.4, 0.5) is 0 Å². The van der Waals surface area contributed by atoms with Gasteiger partial charge < -0.3 is 14.8 Å². The third-order valence-electron chi connectivity index (χ3n) is 3.20. The molecule has 0 radical (unpaired) electrons. The van der Waals surface area contributed by atoms with Crippen molar-refractivity contribution in [3.8, 4) is 11.5 Å². The van der Waals surface area contributed by atoms with Gasteiger partial charge in [-0.2, -0.15) is 5.10 Å². The van der Waals surface area contributed by atoms with Crippen molar-refractivity contribution in [3.63, 3.8) is 0 Å². The topological polar surface area (TPSA) is 54.9 Å². The molecule has 0 aliphatic rings. The van der Waals surface area contributed by atoms with Gasteiger partial charge in [-0.25, -0.2) is 0 Å². The number of benzene rings is 2. The standard InChI is InChI=1S/C18H21N3O2S/c1-3-23-17-7-5-4-6-15(17)13-20-21-18(24)19-12-14-8-10-16(22-2)11-9-14/h4-11,13H,3,12H2,1-2H3,(H2,19,21,24)/b20-13-. The Balaban J connectivity index is 1.82. The molecular formula is C18H21N3O2S. The number of hydrazone groups is 1. The van der Waals surface area contributed by atoms with Crippen LogP contribution in [0.1, 0.15) is 18.1 Å². The quantitative estimate of drug-likeness (QED) is 0.460. The van der Waals surface area contributed by atoms with Gasteiger partial charge in [0.05, 0.1) is 19.9 Å². The molecule has 0 bridgehead atoms. The fraction of sp³-hybridized carbons (Fsp3) is 0.222. The maximum atomic E-state index is 5.54. The molecule has 24 heavy (non-hydrogen) atoms. The molecule has 0 fully saturated rings. The lowest BCUT2D eigenvalue weighted by molar-refractivity contribution is 0.340. The van der Waals surface area contributed by atoms with Crippen molar-refractivity contribution in [2.45, 2.75) is 13.5 Å². The number of nitrogens with zero attached hydrogens (tertiary/aromatic N) is 1. The predicted octanol–water partition coefficient (Wildman–Crippen LogP) is 3.09. The highest BCUT2D eigenvalue weighted by Gasteiger charge is 1.99. The smallest absolute Gasteiger partial charge is 0.187 e. The maximum absolute atomic E-state index is 5.54. The predicted molar refractivity (Wildman–Crippen MR) is 101 cm³/mol. The highest BCUT2D eigenvalue weighted by atomic mass is 32.1. The normalized spacial score (nSPS) is 10.4. The monoisotopic (exact) mass is 343 g/mol. The molecule has 0 atom stereocenters. The summed E-state index contributed by atoms with van der Waals surface area (Å²) in [5, 5.41) is 7.70. The molecular weight excluding hydrogens is 322 g/mol. The van der Waals surface area contributed by atoms with Crippen molar-refractivity contribution in [1.29, 1.82) is 0 Å². The van der Waals surface area contributed by atoms with Crippen molar-refractivity contribution in [2.75, 3.05) is 13.7 Å². The zero-order chi connectivity index (χ0) is 17.2. The number of nitrogens with one attached hydrogen (secondary N) is 2. The third-order valence-corrected chi connectivity index (χ3v) is 3.44. The SMILES string of the molecule is CCOc1ccccc1/C=N\NC(=S)NCc1ccc(OC)cc1. The van der Waals surface area contributed by atoms with Crippen molar-refractivity contribution in [2.24, 2.45) is 5.10 Å². The van der Waals surface area contributed by atoms with Crippen molar-refractivity contribution < 1.29 is 9.47 Å². The van der Waals surface area contributed by atoms with Gasteiger partial charge >= 0.3 is 0 Å². The average Bonchev–Trinajstić information content (AvgIpc) is 2.62. The first kappa shape index (κ1) is 17.7. The first-order valence-corrected chi connectivity index (χ1v) is 8.05. The highest BCUT2D eigenvalue weighted by Crippen LogP contribution is 2.15. The summed E-state index contributed by atoms with van der Waals surface area (Å²) in [6.07, 6.45) is 1.69. The van der Waals surface area contributed by atoms with Gasteiger partial charge in [0.2, 0.25) is 0 Å². The molecule has 2 rings (SSSR count). The Morgan fingerprint density at radius 2 is 1.92 bits per heavy atom. The van der Waals surface area contributed by atoms with E-state index in [1.54, 1.807) is 13.3 Å². The van der Waals surface area contributed by atoms with Crippen LogP contribution in [0.5, 0.6) is 11.5 Å². The second kappa shape index (κ2) is 9.52. The average molecular weight is 343 g/mol. The Morgan fingerprint density at radius 1 is 1.17 bits per heavy atom. The molecule has 2 aromatic carbocycles. The second-order valence-corrected chi connectivity index (χ2v) is 5.28. The van der Waals surface area contributed by atoms with Crippen molar-refractivity contribution in [3.05, 3.63) is 59.7 Å². The number of rotatable bonds is 7. The minimum absolute atomic E-state index is 0.455. The maximum Gasteiger partial charge on any atom is 0.187 e. The molecule has 5 nitrogen and oxygen atoms in total. The van der Waals surface area contributed by atoms with E-state index < -0.39 is 0 Å². The van der Waals surface area contributed by atoms with E-state index in [-0.39, 0.29) is 0 Å². The Morgan fingerprint density at radius 3 is 2.62 bits per heavy atom. The molecule has 2 aromatic rings. The fourth-order valence-electron chi connectivity index (χ4n) is 2.00. The first-order chi connectivity index (χ1) is 11.7. The molecule has 0 heterocycles. The van der Waals surface area contributed by atoms with Gasteiger partial charge in [-0.1, -0.05) is 24.3 Å². The number of hydrogen-bond donors (Lipinski definition) is 2. The van der Waals surface area contributed by atoms with Crippen LogP contribution in [-0.4, -0.2) is 25.0 Å². The molecule has 0 aliphatic heterocycles. The van der Waals surface area contributed by atoms with E-state index in [9.17, 15) is 0 Å². The molecule has 0 spiro atoms. The molecule has 6 heteroatoms. The molecule has 126 valence electrons. The summed E-state index contributed by atoms with van der Waals surface area (Å²) in [4.78, 5) is 0. The highest BCUT2D eigenvalue weighted by molar-refractivity contribution is 7.80. The minimum atomic E-state index is 0.455. The molecule has 0 saturated carbocycles. The van der Waals surface area contributed by atoms with Crippen LogP contribution in [0.15, 0.2) is 53.6 Å². The van der Waals surface area contributed by atoms with E-state index >= 15 is 0 Å². The Hall–Kier alpha value is -2.60. The summed E-state index contributed by atoms with van der Waals surface area (Å²) in [6, 6.07) is 15.5. The van der Waals surface area contributed by atoms with Crippen LogP contribution < -0.4 is 20.2 Å². The van der Waals surface area contributed by atoms with Gasteiger partial charge in [0, 0.05) is 12.1 Å². The number of methoxy groups -OCH3 is 1.